The molecule has 0 atom stereocenters. The first-order valence-electron chi connectivity index (χ1n) is 5.80. The molecule has 0 spiro atoms. The Balaban J connectivity index is 2.08. The van der Waals surface area contributed by atoms with Crippen molar-refractivity contribution in [2.24, 2.45) is 0 Å². The van der Waals surface area contributed by atoms with E-state index in [1.165, 1.54) is 17.1 Å². The third kappa shape index (κ3) is 3.23. The fourth-order valence-corrected chi connectivity index (χ4v) is 2.39. The zero-order valence-electron chi connectivity index (χ0n) is 10.5. The quantitative estimate of drug-likeness (QED) is 0.875. The van der Waals surface area contributed by atoms with Gasteiger partial charge >= 0.3 is 5.97 Å². The maximum Gasteiger partial charge on any atom is 0.337 e. The van der Waals surface area contributed by atoms with Crippen molar-refractivity contribution in [1.82, 2.24) is 4.98 Å². The summed E-state index contributed by atoms with van der Waals surface area (Å²) >= 11 is 1.71. The van der Waals surface area contributed by atoms with Gasteiger partial charge in [-0.2, -0.15) is 0 Å². The summed E-state index contributed by atoms with van der Waals surface area (Å²) in [4.78, 5) is 18.4. The molecule has 0 bridgehead atoms. The van der Waals surface area contributed by atoms with Gasteiger partial charge in [-0.1, -0.05) is 6.07 Å². The van der Waals surface area contributed by atoms with Crippen LogP contribution in [0.1, 0.15) is 15.2 Å². The Morgan fingerprint density at radius 3 is 3.00 bits per heavy atom. The normalized spacial score (nSPS) is 10.4. The van der Waals surface area contributed by atoms with Crippen LogP contribution in [-0.4, -0.2) is 29.7 Å². The first-order chi connectivity index (χ1) is 9.08. The third-order valence-electron chi connectivity index (χ3n) is 2.82. The van der Waals surface area contributed by atoms with Crippen molar-refractivity contribution >= 4 is 28.8 Å². The van der Waals surface area contributed by atoms with Crippen LogP contribution in [-0.2, 0) is 6.42 Å². The molecule has 2 aromatic heterocycles. The number of nitrogens with two attached hydrogens (primary N) is 1. The Morgan fingerprint density at radius 2 is 2.37 bits per heavy atom. The Hall–Kier alpha value is -2.08. The van der Waals surface area contributed by atoms with Gasteiger partial charge in [0.05, 0.1) is 17.4 Å². The summed E-state index contributed by atoms with van der Waals surface area (Å²) in [6.07, 6.45) is 2.29. The number of anilines is 2. The van der Waals surface area contributed by atoms with Gasteiger partial charge in [0.15, 0.2) is 0 Å². The summed E-state index contributed by atoms with van der Waals surface area (Å²) < 4.78 is 0. The van der Waals surface area contributed by atoms with E-state index < -0.39 is 5.97 Å². The smallest absolute Gasteiger partial charge is 0.337 e. The molecule has 2 rings (SSSR count). The number of nitrogens with zero attached hydrogens (tertiary/aromatic N) is 2. The van der Waals surface area contributed by atoms with E-state index in [2.05, 4.69) is 11.1 Å². The standard InChI is InChI=1S/C13H15N3O2S/c1-16(5-4-9-3-2-6-19-9)12-7-10(13(17)18)11(14)8-15-12/h2-3,6-8H,4-5,14H2,1H3,(H,17,18). The van der Waals surface area contributed by atoms with Gasteiger partial charge in [0.25, 0.3) is 0 Å². The minimum absolute atomic E-state index is 0.0907. The van der Waals surface area contributed by atoms with Gasteiger partial charge in [0.2, 0.25) is 0 Å². The predicted molar refractivity (Wildman–Crippen MR) is 76.9 cm³/mol. The van der Waals surface area contributed by atoms with Crippen molar-refractivity contribution in [2.45, 2.75) is 6.42 Å². The molecule has 0 aromatic carbocycles. The number of likely N-dealkylation sites (N-methyl/N-ethyl adjacent to an activating group) is 1. The van der Waals surface area contributed by atoms with Gasteiger partial charge in [0.1, 0.15) is 5.82 Å². The molecule has 5 nitrogen and oxygen atoms in total. The first-order valence-corrected chi connectivity index (χ1v) is 6.68. The monoisotopic (exact) mass is 277 g/mol. The van der Waals surface area contributed by atoms with Gasteiger partial charge in [-0.3, -0.25) is 0 Å². The second kappa shape index (κ2) is 5.71. The summed E-state index contributed by atoms with van der Waals surface area (Å²) in [5.41, 5.74) is 5.86. The van der Waals surface area contributed by atoms with Crippen molar-refractivity contribution in [3.05, 3.63) is 40.2 Å². The van der Waals surface area contributed by atoms with Gasteiger partial charge in [0, 0.05) is 18.5 Å². The Bertz CT molecular complexity index is 569. The highest BCUT2D eigenvalue weighted by molar-refractivity contribution is 7.09. The molecular weight excluding hydrogens is 262 g/mol. The molecule has 0 saturated carbocycles. The van der Waals surface area contributed by atoms with E-state index in [0.717, 1.165) is 13.0 Å². The summed E-state index contributed by atoms with van der Waals surface area (Å²) in [5.74, 6) is -0.420. The van der Waals surface area contributed by atoms with E-state index >= 15 is 0 Å². The van der Waals surface area contributed by atoms with Gasteiger partial charge in [-0.05, 0) is 23.9 Å². The lowest BCUT2D eigenvalue weighted by molar-refractivity contribution is 0.0698. The minimum atomic E-state index is -1.03. The van der Waals surface area contributed by atoms with Crippen LogP contribution >= 0.6 is 11.3 Å². The Kier molecular flexibility index (Phi) is 4.01. The molecule has 100 valence electrons. The highest BCUT2D eigenvalue weighted by atomic mass is 32.1. The zero-order chi connectivity index (χ0) is 13.8. The molecule has 0 unspecified atom stereocenters. The molecule has 6 heteroatoms. The molecule has 2 aromatic rings. The lowest BCUT2D eigenvalue weighted by atomic mass is 10.2. The van der Waals surface area contributed by atoms with Crippen LogP contribution in [0.4, 0.5) is 11.5 Å². The molecule has 0 aliphatic rings. The van der Waals surface area contributed by atoms with Crippen LogP contribution in [0.3, 0.4) is 0 Å². The SMILES string of the molecule is CN(CCc1cccs1)c1cc(C(=O)O)c(N)cn1. The van der Waals surface area contributed by atoms with Crippen LogP contribution in [0.25, 0.3) is 0 Å². The van der Waals surface area contributed by atoms with Crippen LogP contribution in [0.5, 0.6) is 0 Å². The lowest BCUT2D eigenvalue weighted by Gasteiger charge is -2.18. The molecular formula is C13H15N3O2S. The highest BCUT2D eigenvalue weighted by Gasteiger charge is 2.12. The Morgan fingerprint density at radius 1 is 1.58 bits per heavy atom. The van der Waals surface area contributed by atoms with E-state index in [1.807, 2.05) is 23.4 Å². The van der Waals surface area contributed by atoms with Crippen LogP contribution in [0.15, 0.2) is 29.8 Å². The maximum absolute atomic E-state index is 11.0. The average Bonchev–Trinajstić information content (AvgIpc) is 2.89. The number of rotatable bonds is 5. The third-order valence-corrected chi connectivity index (χ3v) is 3.75. The van der Waals surface area contributed by atoms with Crippen molar-refractivity contribution in [3.8, 4) is 0 Å². The number of carbonyl (C=O) groups is 1. The minimum Gasteiger partial charge on any atom is -0.478 e. The molecule has 0 fully saturated rings. The van der Waals surface area contributed by atoms with Crippen molar-refractivity contribution in [2.75, 3.05) is 24.2 Å². The van der Waals surface area contributed by atoms with E-state index in [0.29, 0.717) is 5.82 Å². The molecule has 0 aliphatic carbocycles. The van der Waals surface area contributed by atoms with Crippen molar-refractivity contribution in [3.63, 3.8) is 0 Å². The van der Waals surface area contributed by atoms with E-state index in [9.17, 15) is 4.79 Å². The molecule has 2 heterocycles. The lowest BCUT2D eigenvalue weighted by Crippen LogP contribution is -2.21. The van der Waals surface area contributed by atoms with Gasteiger partial charge in [-0.15, -0.1) is 11.3 Å². The topological polar surface area (TPSA) is 79.5 Å². The van der Waals surface area contributed by atoms with Crippen molar-refractivity contribution < 1.29 is 9.90 Å². The summed E-state index contributed by atoms with van der Waals surface area (Å²) in [7, 11) is 1.89. The number of carboxylic acid groups (broad SMARTS) is 1. The van der Waals surface area contributed by atoms with E-state index in [-0.39, 0.29) is 11.3 Å². The first kappa shape index (κ1) is 13.4. The number of aromatic nitrogens is 1. The number of thiophene rings is 1. The fourth-order valence-electron chi connectivity index (χ4n) is 1.70. The maximum atomic E-state index is 11.0. The van der Waals surface area contributed by atoms with E-state index in [1.54, 1.807) is 11.3 Å². The highest BCUT2D eigenvalue weighted by Crippen LogP contribution is 2.18. The molecule has 19 heavy (non-hydrogen) atoms. The molecule has 0 amide bonds. The summed E-state index contributed by atoms with van der Waals surface area (Å²) in [6.45, 7) is 0.774. The number of carboxylic acids is 1. The molecule has 0 radical (unpaired) electrons. The van der Waals surface area contributed by atoms with Crippen molar-refractivity contribution in [1.29, 1.82) is 0 Å². The van der Waals surface area contributed by atoms with Crippen LogP contribution < -0.4 is 10.6 Å². The number of hydrogen-bond acceptors (Lipinski definition) is 5. The van der Waals surface area contributed by atoms with Gasteiger partial charge < -0.3 is 15.7 Å². The summed E-state index contributed by atoms with van der Waals surface area (Å²) in [6, 6.07) is 5.60. The molecule has 0 aliphatic heterocycles. The summed E-state index contributed by atoms with van der Waals surface area (Å²) in [5, 5.41) is 11.1. The average molecular weight is 277 g/mol. The van der Waals surface area contributed by atoms with Gasteiger partial charge in [-0.25, -0.2) is 9.78 Å². The Labute approximate surface area is 115 Å². The second-order valence-electron chi connectivity index (χ2n) is 4.19. The van der Waals surface area contributed by atoms with E-state index in [4.69, 9.17) is 10.8 Å². The second-order valence-corrected chi connectivity index (χ2v) is 5.22. The zero-order valence-corrected chi connectivity index (χ0v) is 11.4. The van der Waals surface area contributed by atoms with Crippen LogP contribution in [0, 0.1) is 0 Å². The largest absolute Gasteiger partial charge is 0.478 e. The number of aromatic carboxylic acids is 1. The number of hydrogen-bond donors (Lipinski definition) is 2. The molecule has 3 N–H and O–H groups in total. The predicted octanol–water partition coefficient (Wildman–Crippen LogP) is 2.10. The number of pyridine rings is 1. The number of nitrogen functional groups attached to an aromatic ring is 1. The molecule has 0 saturated heterocycles. The fraction of sp³-hybridized carbons (Fsp3) is 0.231. The van der Waals surface area contributed by atoms with Crippen LogP contribution in [0.2, 0.25) is 0 Å².